The molecular formula is C12H20N4OS. The van der Waals surface area contributed by atoms with Crippen molar-refractivity contribution in [3.05, 3.63) is 18.5 Å². The van der Waals surface area contributed by atoms with Crippen molar-refractivity contribution >= 4 is 29.0 Å². The van der Waals surface area contributed by atoms with Crippen LogP contribution in [0, 0.1) is 0 Å². The highest BCUT2D eigenvalue weighted by atomic mass is 32.2. The van der Waals surface area contributed by atoms with Crippen LogP contribution in [-0.2, 0) is 4.79 Å². The molecule has 0 unspecified atom stereocenters. The molecule has 1 atom stereocenters. The number of hydrogen-bond acceptors (Lipinski definition) is 5. The normalized spacial score (nSPS) is 12.0. The molecule has 6 heteroatoms. The third-order valence-electron chi connectivity index (χ3n) is 2.51. The van der Waals surface area contributed by atoms with Gasteiger partial charge in [0.1, 0.15) is 0 Å². The van der Waals surface area contributed by atoms with Crippen LogP contribution in [0.15, 0.2) is 18.5 Å². The van der Waals surface area contributed by atoms with Crippen molar-refractivity contribution < 1.29 is 4.79 Å². The summed E-state index contributed by atoms with van der Waals surface area (Å²) in [7, 11) is 3.83. The lowest BCUT2D eigenvalue weighted by Gasteiger charge is -2.18. The summed E-state index contributed by atoms with van der Waals surface area (Å²) >= 11 is 1.68. The quantitative estimate of drug-likeness (QED) is 0.810. The lowest BCUT2D eigenvalue weighted by molar-refractivity contribution is -0.117. The highest BCUT2D eigenvalue weighted by Crippen LogP contribution is 2.22. The average Bonchev–Trinajstić information content (AvgIpc) is 2.36. The Morgan fingerprint density at radius 3 is 2.94 bits per heavy atom. The molecule has 0 aliphatic rings. The van der Waals surface area contributed by atoms with Crippen LogP contribution in [0.1, 0.15) is 6.42 Å². The van der Waals surface area contributed by atoms with E-state index in [0.717, 1.165) is 11.4 Å². The Labute approximate surface area is 112 Å². The fourth-order valence-corrected chi connectivity index (χ4v) is 1.96. The lowest BCUT2D eigenvalue weighted by Crippen LogP contribution is -2.36. The van der Waals surface area contributed by atoms with Crippen LogP contribution in [-0.4, -0.2) is 43.0 Å². The average molecular weight is 268 g/mol. The van der Waals surface area contributed by atoms with Crippen LogP contribution < -0.4 is 16.0 Å². The van der Waals surface area contributed by atoms with E-state index in [1.807, 2.05) is 31.3 Å². The zero-order chi connectivity index (χ0) is 13.5. The van der Waals surface area contributed by atoms with Gasteiger partial charge in [0.15, 0.2) is 0 Å². The van der Waals surface area contributed by atoms with Crippen molar-refractivity contribution in [2.24, 2.45) is 5.73 Å². The van der Waals surface area contributed by atoms with Crippen molar-refractivity contribution in [1.29, 1.82) is 0 Å². The number of anilines is 2. The molecule has 1 rings (SSSR count). The Morgan fingerprint density at radius 1 is 1.61 bits per heavy atom. The van der Waals surface area contributed by atoms with E-state index in [0.29, 0.717) is 12.1 Å². The minimum atomic E-state index is -0.479. The van der Waals surface area contributed by atoms with Crippen molar-refractivity contribution in [3.63, 3.8) is 0 Å². The van der Waals surface area contributed by atoms with Gasteiger partial charge in [0, 0.05) is 20.3 Å². The number of nitrogens with zero attached hydrogens (tertiary/aromatic N) is 2. The maximum atomic E-state index is 11.9. The molecule has 0 bridgehead atoms. The molecule has 1 heterocycles. The molecule has 0 aliphatic heterocycles. The van der Waals surface area contributed by atoms with Crippen LogP contribution in [0.25, 0.3) is 0 Å². The van der Waals surface area contributed by atoms with Gasteiger partial charge in [-0.3, -0.25) is 9.78 Å². The van der Waals surface area contributed by atoms with E-state index in [2.05, 4.69) is 10.3 Å². The summed E-state index contributed by atoms with van der Waals surface area (Å²) in [5.41, 5.74) is 7.42. The van der Waals surface area contributed by atoms with E-state index in [4.69, 9.17) is 5.73 Å². The predicted molar refractivity (Wildman–Crippen MR) is 78.2 cm³/mol. The number of amides is 1. The molecule has 1 aromatic rings. The fourth-order valence-electron chi connectivity index (χ4n) is 1.47. The number of thioether (sulfide) groups is 1. The standard InChI is InChI=1S/C12H20N4OS/c1-16(2)11-4-6-14-8-10(11)15-12(17)9(13)5-7-18-3/h4,6,8-9H,5,7,13H2,1-3H3,(H,15,17)/t9-/m1/s1. The Hall–Kier alpha value is -1.27. The molecule has 1 aromatic heterocycles. The summed E-state index contributed by atoms with van der Waals surface area (Å²) in [6, 6.07) is 1.37. The molecule has 5 nitrogen and oxygen atoms in total. The Kier molecular flexibility index (Phi) is 5.94. The van der Waals surface area contributed by atoms with Gasteiger partial charge in [-0.25, -0.2) is 0 Å². The predicted octanol–water partition coefficient (Wildman–Crippen LogP) is 1.17. The van der Waals surface area contributed by atoms with E-state index >= 15 is 0 Å². The minimum Gasteiger partial charge on any atom is -0.376 e. The third-order valence-corrected chi connectivity index (χ3v) is 3.15. The molecule has 18 heavy (non-hydrogen) atoms. The molecule has 0 radical (unpaired) electrons. The summed E-state index contributed by atoms with van der Waals surface area (Å²) in [6.07, 6.45) is 5.99. The fraction of sp³-hybridized carbons (Fsp3) is 0.500. The summed E-state index contributed by atoms with van der Waals surface area (Å²) in [5.74, 6) is 0.711. The van der Waals surface area contributed by atoms with Gasteiger partial charge in [-0.05, 0) is 24.5 Å². The first-order chi connectivity index (χ1) is 8.56. The van der Waals surface area contributed by atoms with E-state index in [1.54, 1.807) is 24.2 Å². The summed E-state index contributed by atoms with van der Waals surface area (Å²) < 4.78 is 0. The van der Waals surface area contributed by atoms with Crippen LogP contribution in [0.3, 0.4) is 0 Å². The van der Waals surface area contributed by atoms with Gasteiger partial charge in [0.25, 0.3) is 0 Å². The molecule has 1 amide bonds. The van der Waals surface area contributed by atoms with Gasteiger partial charge in [0.05, 0.1) is 23.6 Å². The second-order valence-electron chi connectivity index (χ2n) is 4.16. The zero-order valence-electron chi connectivity index (χ0n) is 11.0. The van der Waals surface area contributed by atoms with E-state index in [9.17, 15) is 4.79 Å². The summed E-state index contributed by atoms with van der Waals surface area (Å²) in [6.45, 7) is 0. The van der Waals surface area contributed by atoms with E-state index in [-0.39, 0.29) is 5.91 Å². The first-order valence-corrected chi connectivity index (χ1v) is 7.12. The van der Waals surface area contributed by atoms with Crippen LogP contribution in [0.5, 0.6) is 0 Å². The van der Waals surface area contributed by atoms with Gasteiger partial charge in [-0.15, -0.1) is 0 Å². The minimum absolute atomic E-state index is 0.167. The van der Waals surface area contributed by atoms with Crippen LogP contribution in [0.4, 0.5) is 11.4 Å². The smallest absolute Gasteiger partial charge is 0.241 e. The van der Waals surface area contributed by atoms with E-state index < -0.39 is 6.04 Å². The molecule has 0 saturated heterocycles. The largest absolute Gasteiger partial charge is 0.376 e. The number of hydrogen-bond donors (Lipinski definition) is 2. The second kappa shape index (κ2) is 7.23. The second-order valence-corrected chi connectivity index (χ2v) is 5.15. The van der Waals surface area contributed by atoms with Crippen molar-refractivity contribution in [2.75, 3.05) is 36.3 Å². The first-order valence-electron chi connectivity index (χ1n) is 5.73. The molecule has 0 aromatic carbocycles. The zero-order valence-corrected chi connectivity index (χ0v) is 11.8. The monoisotopic (exact) mass is 268 g/mol. The van der Waals surface area contributed by atoms with Crippen molar-refractivity contribution in [3.8, 4) is 0 Å². The summed E-state index contributed by atoms with van der Waals surface area (Å²) in [4.78, 5) is 17.8. The first kappa shape index (κ1) is 14.8. The molecule has 3 N–H and O–H groups in total. The van der Waals surface area contributed by atoms with Gasteiger partial charge in [0.2, 0.25) is 5.91 Å². The topological polar surface area (TPSA) is 71.2 Å². The van der Waals surface area contributed by atoms with Gasteiger partial charge in [-0.2, -0.15) is 11.8 Å². The number of aromatic nitrogens is 1. The molecule has 100 valence electrons. The van der Waals surface area contributed by atoms with Gasteiger partial charge in [-0.1, -0.05) is 0 Å². The van der Waals surface area contributed by atoms with Gasteiger partial charge < -0.3 is 16.0 Å². The van der Waals surface area contributed by atoms with E-state index in [1.165, 1.54) is 0 Å². The molecule has 0 spiro atoms. The SMILES string of the molecule is CSCC[C@@H](N)C(=O)Nc1cnccc1N(C)C. The number of carbonyl (C=O) groups excluding carboxylic acids is 1. The van der Waals surface area contributed by atoms with Crippen molar-refractivity contribution in [1.82, 2.24) is 4.98 Å². The van der Waals surface area contributed by atoms with Crippen molar-refractivity contribution in [2.45, 2.75) is 12.5 Å². The maximum absolute atomic E-state index is 11.9. The molecule has 0 aliphatic carbocycles. The maximum Gasteiger partial charge on any atom is 0.241 e. The highest BCUT2D eigenvalue weighted by Gasteiger charge is 2.15. The summed E-state index contributed by atoms with van der Waals surface area (Å²) in [5, 5.41) is 2.82. The Morgan fingerprint density at radius 2 is 2.33 bits per heavy atom. The number of nitrogens with one attached hydrogen (secondary N) is 1. The van der Waals surface area contributed by atoms with Crippen LogP contribution in [0.2, 0.25) is 0 Å². The Bertz CT molecular complexity index is 397. The number of pyridine rings is 1. The molecule has 0 fully saturated rings. The molecule has 0 saturated carbocycles. The number of nitrogens with two attached hydrogens (primary N) is 1. The van der Waals surface area contributed by atoms with Crippen LogP contribution >= 0.6 is 11.8 Å². The Balaban J connectivity index is 2.69. The number of rotatable bonds is 6. The molecular weight excluding hydrogens is 248 g/mol. The lowest BCUT2D eigenvalue weighted by atomic mass is 10.2. The number of carbonyl (C=O) groups is 1. The highest BCUT2D eigenvalue weighted by molar-refractivity contribution is 7.98. The third kappa shape index (κ3) is 4.19. The van der Waals surface area contributed by atoms with Gasteiger partial charge >= 0.3 is 0 Å².